The number of halogens is 1. The lowest BCUT2D eigenvalue weighted by molar-refractivity contribution is -0.0271. The minimum Gasteiger partial charge on any atom is -0.373 e. The Balaban J connectivity index is 3.36. The zero-order valence-corrected chi connectivity index (χ0v) is 6.86. The van der Waals surface area contributed by atoms with Gasteiger partial charge in [-0.05, 0) is 20.8 Å². The first-order chi connectivity index (χ1) is 4.45. The molecule has 0 aromatic rings. The smallest absolute Gasteiger partial charge is 0.135 e. The minimum absolute atomic E-state index is 0.0378. The number of hydrogen-bond donors (Lipinski definition) is 1. The third-order valence-electron chi connectivity index (χ3n) is 0.953. The van der Waals surface area contributed by atoms with Crippen molar-refractivity contribution in [3.05, 3.63) is 0 Å². The van der Waals surface area contributed by atoms with Gasteiger partial charge in [0.2, 0.25) is 0 Å². The molecule has 0 saturated heterocycles. The lowest BCUT2D eigenvalue weighted by Crippen LogP contribution is -2.28. The monoisotopic (exact) mass is 149 g/mol. The van der Waals surface area contributed by atoms with E-state index in [1.165, 1.54) is 0 Å². The SMILES string of the molecule is CC(C)(C)OCC(F)CN. The Morgan fingerprint density at radius 2 is 2.00 bits per heavy atom. The third-order valence-corrected chi connectivity index (χ3v) is 0.953. The normalized spacial score (nSPS) is 15.3. The molecule has 1 unspecified atom stereocenters. The molecule has 0 heterocycles. The van der Waals surface area contributed by atoms with Gasteiger partial charge in [0.05, 0.1) is 12.2 Å². The number of nitrogens with two attached hydrogens (primary N) is 1. The molecule has 0 aliphatic carbocycles. The largest absolute Gasteiger partial charge is 0.373 e. The summed E-state index contributed by atoms with van der Waals surface area (Å²) in [6.07, 6.45) is -1.03. The maximum atomic E-state index is 12.4. The van der Waals surface area contributed by atoms with Crippen molar-refractivity contribution in [1.29, 1.82) is 0 Å². The van der Waals surface area contributed by atoms with Gasteiger partial charge in [-0.3, -0.25) is 0 Å². The van der Waals surface area contributed by atoms with Gasteiger partial charge in [-0.1, -0.05) is 0 Å². The van der Waals surface area contributed by atoms with Crippen LogP contribution in [0.15, 0.2) is 0 Å². The zero-order valence-electron chi connectivity index (χ0n) is 6.86. The first-order valence-electron chi connectivity index (χ1n) is 3.44. The number of alkyl halides is 1. The van der Waals surface area contributed by atoms with E-state index in [-0.39, 0.29) is 18.8 Å². The van der Waals surface area contributed by atoms with Crippen molar-refractivity contribution in [1.82, 2.24) is 0 Å². The molecule has 0 rings (SSSR count). The number of rotatable bonds is 3. The van der Waals surface area contributed by atoms with E-state index in [1.54, 1.807) is 0 Å². The quantitative estimate of drug-likeness (QED) is 0.652. The molecule has 0 bridgehead atoms. The van der Waals surface area contributed by atoms with E-state index >= 15 is 0 Å². The topological polar surface area (TPSA) is 35.2 Å². The van der Waals surface area contributed by atoms with E-state index in [2.05, 4.69) is 0 Å². The fraction of sp³-hybridized carbons (Fsp3) is 1.00. The highest BCUT2D eigenvalue weighted by Gasteiger charge is 2.12. The van der Waals surface area contributed by atoms with Crippen molar-refractivity contribution in [2.75, 3.05) is 13.2 Å². The van der Waals surface area contributed by atoms with Crippen LogP contribution in [0.5, 0.6) is 0 Å². The maximum absolute atomic E-state index is 12.4. The van der Waals surface area contributed by atoms with Crippen LogP contribution in [-0.4, -0.2) is 24.9 Å². The summed E-state index contributed by atoms with van der Waals surface area (Å²) in [5.41, 5.74) is 4.78. The average Bonchev–Trinajstić information content (AvgIpc) is 1.81. The van der Waals surface area contributed by atoms with Crippen LogP contribution < -0.4 is 5.73 Å². The molecule has 2 nitrogen and oxygen atoms in total. The fourth-order valence-corrected chi connectivity index (χ4v) is 0.408. The van der Waals surface area contributed by atoms with Crippen molar-refractivity contribution in [3.63, 3.8) is 0 Å². The first-order valence-corrected chi connectivity index (χ1v) is 3.44. The standard InChI is InChI=1S/C7H16FNO/c1-7(2,3)10-5-6(8)4-9/h6H,4-5,9H2,1-3H3. The zero-order chi connectivity index (χ0) is 8.20. The van der Waals surface area contributed by atoms with E-state index in [0.717, 1.165) is 0 Å². The number of hydrogen-bond acceptors (Lipinski definition) is 2. The fourth-order valence-electron chi connectivity index (χ4n) is 0.408. The molecule has 62 valence electrons. The second-order valence-electron chi connectivity index (χ2n) is 3.26. The van der Waals surface area contributed by atoms with Crippen molar-refractivity contribution < 1.29 is 9.13 Å². The Hall–Kier alpha value is -0.150. The van der Waals surface area contributed by atoms with E-state index in [0.29, 0.717) is 0 Å². The lowest BCUT2D eigenvalue weighted by atomic mass is 10.2. The first kappa shape index (κ1) is 9.85. The summed E-state index contributed by atoms with van der Waals surface area (Å²) < 4.78 is 17.5. The predicted octanol–water partition coefficient (Wildman–Crippen LogP) is 1.10. The molecule has 0 fully saturated rings. The summed E-state index contributed by atoms with van der Waals surface area (Å²) in [6.45, 7) is 5.79. The van der Waals surface area contributed by atoms with Crippen molar-refractivity contribution in [3.8, 4) is 0 Å². The average molecular weight is 149 g/mol. The molecule has 2 N–H and O–H groups in total. The van der Waals surface area contributed by atoms with Crippen molar-refractivity contribution in [2.24, 2.45) is 5.73 Å². The maximum Gasteiger partial charge on any atom is 0.135 e. The second kappa shape index (κ2) is 3.88. The summed E-state index contributed by atoms with van der Waals surface area (Å²) in [7, 11) is 0. The predicted molar refractivity (Wildman–Crippen MR) is 39.7 cm³/mol. The van der Waals surface area contributed by atoms with Crippen LogP contribution in [0.3, 0.4) is 0 Å². The minimum atomic E-state index is -1.03. The molecule has 0 aromatic carbocycles. The lowest BCUT2D eigenvalue weighted by Gasteiger charge is -2.20. The van der Waals surface area contributed by atoms with E-state index in [9.17, 15) is 4.39 Å². The summed E-state index contributed by atoms with van der Waals surface area (Å²) in [5.74, 6) is 0. The second-order valence-corrected chi connectivity index (χ2v) is 3.26. The van der Waals surface area contributed by atoms with Crippen molar-refractivity contribution >= 4 is 0 Å². The molecule has 0 radical (unpaired) electrons. The molecule has 0 spiro atoms. The summed E-state index contributed by atoms with van der Waals surface area (Å²) in [5, 5.41) is 0. The van der Waals surface area contributed by atoms with Crippen LogP contribution in [0.25, 0.3) is 0 Å². The van der Waals surface area contributed by atoms with Gasteiger partial charge >= 0.3 is 0 Å². The Bertz CT molecular complexity index is 90.1. The van der Waals surface area contributed by atoms with Gasteiger partial charge in [-0.2, -0.15) is 0 Å². The Kier molecular flexibility index (Phi) is 3.83. The molecule has 0 saturated carbocycles. The molecule has 0 aromatic heterocycles. The summed E-state index contributed by atoms with van der Waals surface area (Å²) in [6, 6.07) is 0. The van der Waals surface area contributed by atoms with Crippen LogP contribution in [0.1, 0.15) is 20.8 Å². The molecule has 0 aliphatic heterocycles. The molecule has 10 heavy (non-hydrogen) atoms. The van der Waals surface area contributed by atoms with Gasteiger partial charge in [-0.25, -0.2) is 4.39 Å². The van der Waals surface area contributed by atoms with E-state index in [4.69, 9.17) is 10.5 Å². The highest BCUT2D eigenvalue weighted by Crippen LogP contribution is 2.07. The summed E-state index contributed by atoms with van der Waals surface area (Å²) in [4.78, 5) is 0. The molecular formula is C7H16FNO. The van der Waals surface area contributed by atoms with E-state index < -0.39 is 6.17 Å². The molecule has 1 atom stereocenters. The van der Waals surface area contributed by atoms with Gasteiger partial charge in [0.15, 0.2) is 0 Å². The molecule has 3 heteroatoms. The van der Waals surface area contributed by atoms with Crippen LogP contribution in [0, 0.1) is 0 Å². The molecular weight excluding hydrogens is 133 g/mol. The Morgan fingerprint density at radius 1 is 1.50 bits per heavy atom. The third kappa shape index (κ3) is 5.98. The van der Waals surface area contributed by atoms with Crippen LogP contribution in [0.2, 0.25) is 0 Å². The van der Waals surface area contributed by atoms with Crippen molar-refractivity contribution in [2.45, 2.75) is 32.5 Å². The van der Waals surface area contributed by atoms with Gasteiger partial charge < -0.3 is 10.5 Å². The van der Waals surface area contributed by atoms with Gasteiger partial charge in [0, 0.05) is 6.54 Å². The Labute approximate surface area is 61.5 Å². The molecule has 0 amide bonds. The highest BCUT2D eigenvalue weighted by atomic mass is 19.1. The Morgan fingerprint density at radius 3 is 2.30 bits per heavy atom. The highest BCUT2D eigenvalue weighted by molar-refractivity contribution is 4.62. The van der Waals surface area contributed by atoms with Gasteiger partial charge in [0.25, 0.3) is 0 Å². The molecule has 0 aliphatic rings. The van der Waals surface area contributed by atoms with E-state index in [1.807, 2.05) is 20.8 Å². The van der Waals surface area contributed by atoms with Crippen LogP contribution >= 0.6 is 0 Å². The number of ether oxygens (including phenoxy) is 1. The van der Waals surface area contributed by atoms with Gasteiger partial charge in [-0.15, -0.1) is 0 Å². The van der Waals surface area contributed by atoms with Crippen LogP contribution in [0.4, 0.5) is 4.39 Å². The summed E-state index contributed by atoms with van der Waals surface area (Å²) >= 11 is 0. The van der Waals surface area contributed by atoms with Gasteiger partial charge in [0.1, 0.15) is 6.17 Å². The van der Waals surface area contributed by atoms with Crippen LogP contribution in [-0.2, 0) is 4.74 Å².